The molecule has 3 amide bonds. The number of likely N-dealkylation sites (tertiary alicyclic amines) is 2. The molecule has 2 N–H and O–H groups in total. The minimum absolute atomic E-state index is 0.0437. The molecule has 6 heteroatoms. The van der Waals surface area contributed by atoms with Crippen molar-refractivity contribution in [1.82, 2.24) is 15.1 Å². The van der Waals surface area contributed by atoms with Gasteiger partial charge in [0.1, 0.15) is 0 Å². The Morgan fingerprint density at radius 3 is 2.42 bits per heavy atom. The zero-order valence-corrected chi connectivity index (χ0v) is 15.4. The number of amides is 3. The van der Waals surface area contributed by atoms with Crippen LogP contribution in [0.2, 0.25) is 0 Å². The average Bonchev–Trinajstić information content (AvgIpc) is 3.38. The van der Waals surface area contributed by atoms with Crippen molar-refractivity contribution in [2.24, 2.45) is 5.92 Å². The van der Waals surface area contributed by atoms with Gasteiger partial charge in [-0.15, -0.1) is 0 Å². The van der Waals surface area contributed by atoms with Crippen molar-refractivity contribution in [1.29, 1.82) is 0 Å². The van der Waals surface area contributed by atoms with Gasteiger partial charge in [-0.3, -0.25) is 4.79 Å². The molecule has 0 radical (unpaired) electrons. The molecule has 140 valence electrons. The molecule has 2 heterocycles. The van der Waals surface area contributed by atoms with E-state index in [4.69, 9.17) is 0 Å². The van der Waals surface area contributed by atoms with Gasteiger partial charge >= 0.3 is 6.03 Å². The molecule has 2 atom stereocenters. The highest BCUT2D eigenvalue weighted by Gasteiger charge is 2.68. The number of urea groups is 1. The number of hydrogen-bond donors (Lipinski definition) is 2. The molecule has 4 rings (SSSR count). The second-order valence-electron chi connectivity index (χ2n) is 8.18. The van der Waals surface area contributed by atoms with Gasteiger partial charge in [0.15, 0.2) is 0 Å². The lowest BCUT2D eigenvalue weighted by molar-refractivity contribution is -0.194. The monoisotopic (exact) mass is 357 g/mol. The van der Waals surface area contributed by atoms with Crippen LogP contribution in [0.3, 0.4) is 0 Å². The van der Waals surface area contributed by atoms with E-state index in [0.29, 0.717) is 13.1 Å². The van der Waals surface area contributed by atoms with Crippen LogP contribution in [0.15, 0.2) is 30.3 Å². The third-order valence-electron chi connectivity index (χ3n) is 5.91. The second-order valence-corrected chi connectivity index (χ2v) is 8.18. The van der Waals surface area contributed by atoms with Crippen molar-refractivity contribution in [3.05, 3.63) is 35.9 Å². The Bertz CT molecular complexity index is 696. The molecule has 6 nitrogen and oxygen atoms in total. The standard InChI is InChI=1S/C20H27N3O3/c1-13(2)21-19(26)22-11-20(12-22)17(14-6-4-3-5-7-14)16(10-24)23(20)18(25)15-8-9-15/h3-7,13,15-17,24H,8-12H2,1-2H3,(H,21,26)/t16-,17+/m1/s1. The molecule has 26 heavy (non-hydrogen) atoms. The van der Waals surface area contributed by atoms with Crippen LogP contribution in [0, 0.1) is 5.92 Å². The number of nitrogens with zero attached hydrogens (tertiary/aromatic N) is 2. The molecule has 0 bridgehead atoms. The fourth-order valence-electron chi connectivity index (χ4n) is 4.64. The summed E-state index contributed by atoms with van der Waals surface area (Å²) in [6, 6.07) is 9.88. The van der Waals surface area contributed by atoms with Crippen LogP contribution in [0.4, 0.5) is 4.79 Å². The first-order chi connectivity index (χ1) is 12.5. The fraction of sp³-hybridized carbons (Fsp3) is 0.600. The van der Waals surface area contributed by atoms with Crippen LogP contribution in [-0.4, -0.2) is 64.2 Å². The van der Waals surface area contributed by atoms with Gasteiger partial charge in [0.2, 0.25) is 5.91 Å². The summed E-state index contributed by atoms with van der Waals surface area (Å²) < 4.78 is 0. The first kappa shape index (κ1) is 17.3. The fourth-order valence-corrected chi connectivity index (χ4v) is 4.64. The summed E-state index contributed by atoms with van der Waals surface area (Å²) in [4.78, 5) is 28.9. The molecular weight excluding hydrogens is 330 g/mol. The Balaban J connectivity index is 1.60. The van der Waals surface area contributed by atoms with Gasteiger partial charge in [-0.05, 0) is 32.3 Å². The predicted octanol–water partition coefficient (Wildman–Crippen LogP) is 1.56. The van der Waals surface area contributed by atoms with Crippen LogP contribution in [0.1, 0.15) is 38.2 Å². The molecule has 0 unspecified atom stereocenters. The summed E-state index contributed by atoms with van der Waals surface area (Å²) in [5.41, 5.74) is 0.762. The van der Waals surface area contributed by atoms with Gasteiger partial charge in [-0.25, -0.2) is 4.79 Å². The molecule has 0 aromatic heterocycles. The molecular formula is C20H27N3O3. The summed E-state index contributed by atoms with van der Waals surface area (Å²) in [6.07, 6.45) is 1.88. The largest absolute Gasteiger partial charge is 0.394 e. The van der Waals surface area contributed by atoms with Gasteiger partial charge < -0.3 is 20.2 Å². The zero-order valence-electron chi connectivity index (χ0n) is 15.4. The average molecular weight is 357 g/mol. The number of carbonyl (C=O) groups is 2. The minimum atomic E-state index is -0.372. The maximum atomic E-state index is 12.9. The van der Waals surface area contributed by atoms with E-state index in [9.17, 15) is 14.7 Å². The van der Waals surface area contributed by atoms with E-state index in [1.165, 1.54) is 0 Å². The Morgan fingerprint density at radius 1 is 1.23 bits per heavy atom. The van der Waals surface area contributed by atoms with Gasteiger partial charge in [0, 0.05) is 31.0 Å². The zero-order chi connectivity index (χ0) is 18.5. The van der Waals surface area contributed by atoms with Crippen molar-refractivity contribution in [2.75, 3.05) is 19.7 Å². The van der Waals surface area contributed by atoms with Crippen LogP contribution >= 0.6 is 0 Å². The summed E-state index contributed by atoms with van der Waals surface area (Å²) in [7, 11) is 0. The maximum Gasteiger partial charge on any atom is 0.317 e. The van der Waals surface area contributed by atoms with Crippen LogP contribution in [0.25, 0.3) is 0 Å². The van der Waals surface area contributed by atoms with Crippen molar-refractivity contribution in [3.8, 4) is 0 Å². The van der Waals surface area contributed by atoms with Crippen molar-refractivity contribution < 1.29 is 14.7 Å². The van der Waals surface area contributed by atoms with E-state index in [-0.39, 0.29) is 48.0 Å². The van der Waals surface area contributed by atoms with Crippen molar-refractivity contribution in [2.45, 2.75) is 50.2 Å². The number of aliphatic hydroxyl groups excluding tert-OH is 1. The Morgan fingerprint density at radius 2 is 1.88 bits per heavy atom. The van der Waals surface area contributed by atoms with E-state index >= 15 is 0 Å². The number of carbonyl (C=O) groups excluding carboxylic acids is 2. The van der Waals surface area contributed by atoms with E-state index < -0.39 is 0 Å². The summed E-state index contributed by atoms with van der Waals surface area (Å²) in [5.74, 6) is 0.329. The Hall–Kier alpha value is -2.08. The highest BCUT2D eigenvalue weighted by Crippen LogP contribution is 2.55. The first-order valence-corrected chi connectivity index (χ1v) is 9.52. The minimum Gasteiger partial charge on any atom is -0.394 e. The number of hydrogen-bond acceptors (Lipinski definition) is 3. The predicted molar refractivity (Wildman–Crippen MR) is 97.6 cm³/mol. The third kappa shape index (κ3) is 2.58. The molecule has 1 aromatic rings. The Labute approximate surface area is 154 Å². The van der Waals surface area contributed by atoms with Crippen LogP contribution < -0.4 is 5.32 Å². The lowest BCUT2D eigenvalue weighted by Gasteiger charge is -2.70. The summed E-state index contributed by atoms with van der Waals surface area (Å²) in [6.45, 7) is 4.89. The SMILES string of the molecule is CC(C)NC(=O)N1CC2(C1)[C@@H](c1ccccc1)[C@@H](CO)N2C(=O)C1CC1. The molecule has 3 fully saturated rings. The van der Waals surface area contributed by atoms with E-state index in [2.05, 4.69) is 17.4 Å². The van der Waals surface area contributed by atoms with Crippen LogP contribution in [-0.2, 0) is 4.79 Å². The molecule has 1 saturated carbocycles. The second kappa shape index (κ2) is 6.27. The van der Waals surface area contributed by atoms with Crippen molar-refractivity contribution >= 4 is 11.9 Å². The normalized spacial score (nSPS) is 26.5. The first-order valence-electron chi connectivity index (χ1n) is 9.52. The highest BCUT2D eigenvalue weighted by atomic mass is 16.3. The summed E-state index contributed by atoms with van der Waals surface area (Å²) in [5, 5.41) is 12.9. The number of nitrogens with one attached hydrogen (secondary N) is 1. The van der Waals surface area contributed by atoms with E-state index in [0.717, 1.165) is 18.4 Å². The molecule has 2 saturated heterocycles. The molecule has 1 aliphatic carbocycles. The number of benzene rings is 1. The van der Waals surface area contributed by atoms with Crippen LogP contribution in [0.5, 0.6) is 0 Å². The number of aliphatic hydroxyl groups is 1. The molecule has 1 spiro atoms. The lowest BCUT2D eigenvalue weighted by Crippen LogP contribution is -2.86. The maximum absolute atomic E-state index is 12.9. The van der Waals surface area contributed by atoms with E-state index in [1.807, 2.05) is 36.9 Å². The number of rotatable bonds is 4. The molecule has 1 aromatic carbocycles. The lowest BCUT2D eigenvalue weighted by atomic mass is 9.60. The smallest absolute Gasteiger partial charge is 0.317 e. The quantitative estimate of drug-likeness (QED) is 0.859. The topological polar surface area (TPSA) is 72.9 Å². The van der Waals surface area contributed by atoms with Gasteiger partial charge in [0.25, 0.3) is 0 Å². The molecule has 2 aliphatic heterocycles. The Kier molecular flexibility index (Phi) is 4.18. The molecule has 3 aliphatic rings. The van der Waals surface area contributed by atoms with Crippen molar-refractivity contribution in [3.63, 3.8) is 0 Å². The third-order valence-corrected chi connectivity index (χ3v) is 5.91. The summed E-state index contributed by atoms with van der Waals surface area (Å²) >= 11 is 0. The van der Waals surface area contributed by atoms with Gasteiger partial charge in [-0.2, -0.15) is 0 Å². The van der Waals surface area contributed by atoms with Gasteiger partial charge in [0.05, 0.1) is 18.2 Å². The highest BCUT2D eigenvalue weighted by molar-refractivity contribution is 5.85. The van der Waals surface area contributed by atoms with Gasteiger partial charge in [-0.1, -0.05) is 30.3 Å². The van der Waals surface area contributed by atoms with E-state index in [1.54, 1.807) is 4.90 Å².